The topological polar surface area (TPSA) is 54.4 Å². The van der Waals surface area contributed by atoms with Crippen molar-refractivity contribution < 1.29 is 13.6 Å². The average Bonchev–Trinajstić information content (AvgIpc) is 2.55. The van der Waals surface area contributed by atoms with Crippen molar-refractivity contribution in [2.75, 3.05) is 0 Å². The average molecular weight is 330 g/mol. The Bertz CT molecular complexity index is 641. The Balaban J connectivity index is 2.18. The summed E-state index contributed by atoms with van der Waals surface area (Å²) in [5.41, 5.74) is 2.11. The SMILES string of the molecule is C=CCC1CC/C=C(c2ccc(S(=O)O)cc2)\C=C/CCC1=O. The second-order valence-corrected chi connectivity index (χ2v) is 6.61. The number of Topliss-reactive ketones (excluding diaryl/α,β-unsaturated/α-hetero) is 1. The van der Waals surface area contributed by atoms with Crippen LogP contribution in [0.2, 0.25) is 0 Å². The van der Waals surface area contributed by atoms with Crippen LogP contribution >= 0.6 is 0 Å². The highest BCUT2D eigenvalue weighted by Gasteiger charge is 2.16. The molecule has 1 aliphatic rings. The zero-order chi connectivity index (χ0) is 16.7. The number of benzene rings is 1. The van der Waals surface area contributed by atoms with Gasteiger partial charge in [0.05, 0.1) is 4.90 Å². The van der Waals surface area contributed by atoms with Gasteiger partial charge in [-0.05, 0) is 49.0 Å². The molecule has 122 valence electrons. The maximum Gasteiger partial charge on any atom is 0.186 e. The maximum absolute atomic E-state index is 12.1. The summed E-state index contributed by atoms with van der Waals surface area (Å²) in [6, 6.07) is 7.06. The van der Waals surface area contributed by atoms with Crippen LogP contribution in [0.3, 0.4) is 0 Å². The number of rotatable bonds is 4. The van der Waals surface area contributed by atoms with Crippen molar-refractivity contribution in [3.8, 4) is 0 Å². The van der Waals surface area contributed by atoms with Gasteiger partial charge < -0.3 is 4.55 Å². The second kappa shape index (κ2) is 8.75. The third-order valence-corrected chi connectivity index (χ3v) is 4.71. The predicted molar refractivity (Wildman–Crippen MR) is 94.4 cm³/mol. The lowest BCUT2D eigenvalue weighted by Crippen LogP contribution is -2.13. The Morgan fingerprint density at radius 1 is 1.26 bits per heavy atom. The van der Waals surface area contributed by atoms with E-state index in [1.54, 1.807) is 12.1 Å². The molecule has 1 aliphatic carbocycles. The van der Waals surface area contributed by atoms with Gasteiger partial charge in [0.15, 0.2) is 11.1 Å². The van der Waals surface area contributed by atoms with Crippen LogP contribution in [0.1, 0.15) is 37.7 Å². The van der Waals surface area contributed by atoms with Crippen LogP contribution in [0.5, 0.6) is 0 Å². The van der Waals surface area contributed by atoms with Crippen LogP contribution in [-0.2, 0) is 15.9 Å². The number of carbonyl (C=O) groups excluding carboxylic acids is 1. The highest BCUT2D eigenvalue weighted by atomic mass is 32.2. The minimum Gasteiger partial charge on any atom is -0.302 e. The molecule has 1 N–H and O–H groups in total. The minimum absolute atomic E-state index is 0.0655. The molecule has 0 aromatic heterocycles. The number of hydrogen-bond acceptors (Lipinski definition) is 2. The van der Waals surface area contributed by atoms with E-state index in [1.807, 2.05) is 30.4 Å². The second-order valence-electron chi connectivity index (χ2n) is 5.64. The van der Waals surface area contributed by atoms with E-state index in [0.29, 0.717) is 17.1 Å². The van der Waals surface area contributed by atoms with Crippen molar-refractivity contribution in [1.82, 2.24) is 0 Å². The van der Waals surface area contributed by atoms with Crippen molar-refractivity contribution in [1.29, 1.82) is 0 Å². The van der Waals surface area contributed by atoms with E-state index < -0.39 is 11.1 Å². The molecule has 4 heteroatoms. The molecule has 23 heavy (non-hydrogen) atoms. The van der Waals surface area contributed by atoms with E-state index in [-0.39, 0.29) is 5.92 Å². The van der Waals surface area contributed by atoms with E-state index in [4.69, 9.17) is 4.55 Å². The van der Waals surface area contributed by atoms with Gasteiger partial charge in [0.1, 0.15) is 5.78 Å². The lowest BCUT2D eigenvalue weighted by molar-refractivity contribution is -0.122. The molecule has 0 saturated heterocycles. The van der Waals surface area contributed by atoms with Crippen LogP contribution in [0, 0.1) is 5.92 Å². The number of allylic oxidation sites excluding steroid dienone is 5. The smallest absolute Gasteiger partial charge is 0.186 e. The standard InChI is InChI=1S/C19H22O3S/c1-2-6-17-9-5-8-15(7-3-4-10-19(17)20)16-11-13-18(14-12-16)23(21)22/h2-3,7-8,11-14,17H,1,4-6,9-10H2,(H,21,22)/b7-3-,15-8+. The van der Waals surface area contributed by atoms with Crippen molar-refractivity contribution in [3.05, 3.63) is 60.7 Å². The molecular weight excluding hydrogens is 308 g/mol. The van der Waals surface area contributed by atoms with Crippen LogP contribution < -0.4 is 0 Å². The van der Waals surface area contributed by atoms with Crippen molar-refractivity contribution >= 4 is 22.4 Å². The predicted octanol–water partition coefficient (Wildman–Crippen LogP) is 4.54. The van der Waals surface area contributed by atoms with Crippen LogP contribution in [0.4, 0.5) is 0 Å². The first-order valence-electron chi connectivity index (χ1n) is 7.83. The van der Waals surface area contributed by atoms with E-state index in [9.17, 15) is 9.00 Å². The molecule has 3 nitrogen and oxygen atoms in total. The molecule has 1 aromatic carbocycles. The Labute approximate surface area is 140 Å². The van der Waals surface area contributed by atoms with E-state index in [0.717, 1.165) is 36.8 Å². The summed E-state index contributed by atoms with van der Waals surface area (Å²) in [4.78, 5) is 12.5. The van der Waals surface area contributed by atoms with Crippen molar-refractivity contribution in [2.24, 2.45) is 5.92 Å². The summed E-state index contributed by atoms with van der Waals surface area (Å²) in [6.07, 6.45) is 11.7. The monoisotopic (exact) mass is 330 g/mol. The fourth-order valence-electron chi connectivity index (χ4n) is 2.74. The number of ketones is 1. The molecule has 0 amide bonds. The molecule has 0 radical (unpaired) electrons. The molecule has 0 spiro atoms. The Hall–Kier alpha value is -1.78. The molecule has 2 atom stereocenters. The molecule has 0 fully saturated rings. The number of carbonyl (C=O) groups is 1. The van der Waals surface area contributed by atoms with Crippen LogP contribution in [0.15, 0.2) is 60.0 Å². The quantitative estimate of drug-likeness (QED) is 0.651. The van der Waals surface area contributed by atoms with Gasteiger partial charge in [0.2, 0.25) is 0 Å². The first-order valence-corrected chi connectivity index (χ1v) is 8.94. The van der Waals surface area contributed by atoms with Crippen molar-refractivity contribution in [2.45, 2.75) is 37.0 Å². The first kappa shape index (κ1) is 17.6. The summed E-state index contributed by atoms with van der Waals surface area (Å²) in [6.45, 7) is 3.74. The molecular formula is C19H22O3S. The molecule has 0 saturated carbocycles. The highest BCUT2D eigenvalue weighted by Crippen LogP contribution is 2.23. The summed E-state index contributed by atoms with van der Waals surface area (Å²) < 4.78 is 20.1. The molecule has 2 unspecified atom stereocenters. The largest absolute Gasteiger partial charge is 0.302 e. The normalized spacial score (nSPS) is 24.3. The highest BCUT2D eigenvalue weighted by molar-refractivity contribution is 7.79. The molecule has 2 rings (SSSR count). The summed E-state index contributed by atoms with van der Waals surface area (Å²) in [7, 11) is 0. The Kier molecular flexibility index (Phi) is 6.68. The van der Waals surface area contributed by atoms with E-state index in [1.165, 1.54) is 0 Å². The minimum atomic E-state index is -1.95. The molecule has 0 bridgehead atoms. The van der Waals surface area contributed by atoms with Gasteiger partial charge in [-0.25, -0.2) is 4.21 Å². The third kappa shape index (κ3) is 5.12. The maximum atomic E-state index is 12.1. The van der Waals surface area contributed by atoms with E-state index in [2.05, 4.69) is 12.7 Å². The van der Waals surface area contributed by atoms with Gasteiger partial charge in [-0.1, -0.05) is 36.4 Å². The van der Waals surface area contributed by atoms with Gasteiger partial charge in [0.25, 0.3) is 0 Å². The zero-order valence-corrected chi connectivity index (χ0v) is 13.9. The Morgan fingerprint density at radius 3 is 2.65 bits per heavy atom. The molecule has 1 aromatic rings. The number of hydrogen-bond donors (Lipinski definition) is 1. The van der Waals surface area contributed by atoms with Crippen LogP contribution in [-0.4, -0.2) is 14.5 Å². The van der Waals surface area contributed by atoms with Crippen molar-refractivity contribution in [3.63, 3.8) is 0 Å². The third-order valence-electron chi connectivity index (χ3n) is 4.03. The van der Waals surface area contributed by atoms with E-state index >= 15 is 0 Å². The van der Waals surface area contributed by atoms with Crippen LogP contribution in [0.25, 0.3) is 5.57 Å². The lowest BCUT2D eigenvalue weighted by atomic mass is 9.90. The summed E-state index contributed by atoms with van der Waals surface area (Å²) in [5.74, 6) is 0.386. The van der Waals surface area contributed by atoms with Gasteiger partial charge >= 0.3 is 0 Å². The molecule has 0 aliphatic heterocycles. The Morgan fingerprint density at radius 2 is 2.00 bits per heavy atom. The fourth-order valence-corrected chi connectivity index (χ4v) is 3.11. The summed E-state index contributed by atoms with van der Waals surface area (Å²) in [5, 5.41) is 0. The van der Waals surface area contributed by atoms with Gasteiger partial charge in [-0.15, -0.1) is 6.58 Å². The summed E-state index contributed by atoms with van der Waals surface area (Å²) >= 11 is -1.95. The zero-order valence-electron chi connectivity index (χ0n) is 13.1. The van der Waals surface area contributed by atoms with Gasteiger partial charge in [0, 0.05) is 12.3 Å². The first-order chi connectivity index (χ1) is 11.1. The fraction of sp³-hybridized carbons (Fsp3) is 0.316. The van der Waals surface area contributed by atoms with Gasteiger partial charge in [-0.2, -0.15) is 0 Å². The van der Waals surface area contributed by atoms with Gasteiger partial charge in [-0.3, -0.25) is 4.79 Å². The lowest BCUT2D eigenvalue weighted by Gasteiger charge is -2.14. The molecule has 0 heterocycles.